The molecule has 294 valence electrons. The number of rotatable bonds is 9. The summed E-state index contributed by atoms with van der Waals surface area (Å²) in [5.74, 6) is 11.0. The van der Waals surface area contributed by atoms with E-state index in [4.69, 9.17) is 18.9 Å². The van der Waals surface area contributed by atoms with Gasteiger partial charge >= 0.3 is 0 Å². The van der Waals surface area contributed by atoms with Gasteiger partial charge in [-0.3, -0.25) is 14.6 Å². The molecular weight excluding hydrogens is 712 g/mol. The molecule has 1 aromatic carbocycles. The van der Waals surface area contributed by atoms with Crippen LogP contribution in [0.5, 0.6) is 5.75 Å². The van der Waals surface area contributed by atoms with Gasteiger partial charge in [0.05, 0.1) is 36.7 Å². The summed E-state index contributed by atoms with van der Waals surface area (Å²) >= 11 is 0. The summed E-state index contributed by atoms with van der Waals surface area (Å²) in [4.78, 5) is 35.8. The lowest BCUT2D eigenvalue weighted by molar-refractivity contribution is -0.326. The molecule has 0 saturated carbocycles. The second-order valence-corrected chi connectivity index (χ2v) is 15.9. The topological polar surface area (TPSA) is 160 Å². The first-order chi connectivity index (χ1) is 26.8. The Hall–Kier alpha value is -4.59. The molecule has 56 heavy (non-hydrogen) atoms. The second-order valence-electron chi connectivity index (χ2n) is 15.9. The number of nitrogens with zero attached hydrogens (tertiary/aromatic N) is 1. The second kappa shape index (κ2) is 16.1. The summed E-state index contributed by atoms with van der Waals surface area (Å²) < 4.78 is 26.1. The minimum absolute atomic E-state index is 0.0864. The molecule has 11 nitrogen and oxygen atoms in total. The van der Waals surface area contributed by atoms with Crippen molar-refractivity contribution >= 4 is 33.4 Å². The highest BCUT2D eigenvalue weighted by molar-refractivity contribution is 6.15. The monoisotopic (exact) mass is 762 g/mol. The van der Waals surface area contributed by atoms with Crippen LogP contribution in [-0.2, 0) is 23.7 Å². The highest BCUT2D eigenvalue weighted by atomic mass is 16.7. The average Bonchev–Trinajstić information content (AvgIpc) is 3.52. The molecule has 0 spiro atoms. The average molecular weight is 763 g/mol. The van der Waals surface area contributed by atoms with E-state index in [1.807, 2.05) is 13.0 Å². The van der Waals surface area contributed by atoms with Gasteiger partial charge in [-0.05, 0) is 92.0 Å². The molecule has 4 heterocycles. The summed E-state index contributed by atoms with van der Waals surface area (Å²) in [6.45, 7) is 12.3. The van der Waals surface area contributed by atoms with E-state index in [0.717, 1.165) is 11.8 Å². The van der Waals surface area contributed by atoms with Gasteiger partial charge in [-0.15, -0.1) is 0 Å². The van der Waals surface area contributed by atoms with Crippen LogP contribution in [0.2, 0.25) is 0 Å². The van der Waals surface area contributed by atoms with Gasteiger partial charge in [0, 0.05) is 34.5 Å². The van der Waals surface area contributed by atoms with Crippen molar-refractivity contribution in [3.8, 4) is 29.4 Å². The van der Waals surface area contributed by atoms with Gasteiger partial charge in [0.15, 0.2) is 29.7 Å². The predicted octanol–water partition coefficient (Wildman–Crippen LogP) is 6.07. The number of fused-ring (bicyclic) bond motifs is 5. The zero-order valence-electron chi connectivity index (χ0n) is 32.7. The summed E-state index contributed by atoms with van der Waals surface area (Å²) in [6, 6.07) is 6.67. The first-order valence-electron chi connectivity index (χ1n) is 19.5. The highest BCUT2D eigenvalue weighted by Crippen LogP contribution is 2.42. The van der Waals surface area contributed by atoms with Crippen LogP contribution in [0.15, 0.2) is 65.4 Å². The molecule has 0 radical (unpaired) electrons. The van der Waals surface area contributed by atoms with Gasteiger partial charge in [0.1, 0.15) is 23.7 Å². The summed E-state index contributed by atoms with van der Waals surface area (Å²) in [5, 5.41) is 35.8. The van der Waals surface area contributed by atoms with Crippen molar-refractivity contribution < 1.29 is 43.9 Å². The number of aromatic nitrogens is 2. The van der Waals surface area contributed by atoms with Crippen molar-refractivity contribution in [1.82, 2.24) is 9.97 Å². The predicted molar refractivity (Wildman–Crippen MR) is 210 cm³/mol. The SMILES string of the molecule is CC/C=C1\C2=C(C)C(=O)C[C@@]1(O)C#C/C=C\C#C[C@@H]2OC1OC(C)C(C(=O)c2nccc3c2[nH]c2ccc(O)cc23)C(O)C1OC1CC(C)C(CC(C)C)CO1. The number of aromatic amines is 1. The Morgan fingerprint density at radius 2 is 1.95 bits per heavy atom. The van der Waals surface area contributed by atoms with E-state index in [2.05, 4.69) is 54.4 Å². The van der Waals surface area contributed by atoms with Crippen molar-refractivity contribution in [3.05, 3.63) is 71.1 Å². The van der Waals surface area contributed by atoms with Crippen molar-refractivity contribution in [2.45, 2.75) is 110 Å². The number of aliphatic hydroxyl groups is 2. The Morgan fingerprint density at radius 3 is 2.70 bits per heavy atom. The van der Waals surface area contributed by atoms with Gasteiger partial charge in [-0.25, -0.2) is 0 Å². The van der Waals surface area contributed by atoms with Gasteiger partial charge in [-0.1, -0.05) is 57.5 Å². The maximum atomic E-state index is 14.6. The maximum absolute atomic E-state index is 14.6. The fourth-order valence-electron chi connectivity index (χ4n) is 8.57. The molecule has 0 amide bonds. The number of carbonyl (C=O) groups excluding carboxylic acids is 2. The standard InChI is InChI=1S/C45H50N2O9/c1-7-12-32-37-26(5)34(49)22-45(32,52)17-11-9-8-10-13-35(37)55-44-43(56-36-20-25(4)28(23-53-36)19-24(2)3)42(51)38(27(6)54-44)41(50)40-39-30(16-18-46-40)31-21-29(48)14-15-33(31)47-39/h8-9,12,14-16,18,21,24-25,27-28,35-36,38,42-44,47-48,51-52H,7,19-20,22-23H2,1-6H3/b9-8-,32-12+/t25?,27?,28?,35-,36?,38?,42?,43?,44?,45-/m0/s1. The number of aliphatic hydroxyl groups excluding tert-OH is 1. The quantitative estimate of drug-likeness (QED) is 0.149. The van der Waals surface area contributed by atoms with Crippen LogP contribution in [0.4, 0.5) is 0 Å². The van der Waals surface area contributed by atoms with Crippen LogP contribution >= 0.6 is 0 Å². The highest BCUT2D eigenvalue weighted by Gasteiger charge is 2.52. The number of phenolic OH excluding ortho intramolecular Hbond substituents is 1. The van der Waals surface area contributed by atoms with Gasteiger partial charge in [0.2, 0.25) is 0 Å². The molecule has 4 aliphatic rings. The van der Waals surface area contributed by atoms with Crippen LogP contribution in [-0.4, -0.2) is 86.1 Å². The fraction of sp³-hybridized carbons (Fsp3) is 0.489. The largest absolute Gasteiger partial charge is 0.508 e. The van der Waals surface area contributed by atoms with E-state index in [0.29, 0.717) is 64.4 Å². The van der Waals surface area contributed by atoms with Crippen molar-refractivity contribution in [3.63, 3.8) is 0 Å². The zero-order valence-corrected chi connectivity index (χ0v) is 32.7. The fourth-order valence-corrected chi connectivity index (χ4v) is 8.57. The molecule has 7 rings (SSSR count). The Morgan fingerprint density at radius 1 is 1.16 bits per heavy atom. The molecule has 11 heteroatoms. The molecule has 2 aliphatic heterocycles. The number of phenols is 1. The number of hydrogen-bond donors (Lipinski definition) is 4. The van der Waals surface area contributed by atoms with Crippen LogP contribution < -0.4 is 0 Å². The minimum atomic E-state index is -1.77. The lowest BCUT2D eigenvalue weighted by Crippen LogP contribution is -2.59. The number of aromatic hydroxyl groups is 1. The number of pyridine rings is 1. The summed E-state index contributed by atoms with van der Waals surface area (Å²) in [7, 11) is 0. The molecule has 4 N–H and O–H groups in total. The lowest BCUT2D eigenvalue weighted by Gasteiger charge is -2.46. The van der Waals surface area contributed by atoms with Crippen molar-refractivity contribution in [1.29, 1.82) is 0 Å². The van der Waals surface area contributed by atoms with Crippen LogP contribution in [0.1, 0.15) is 77.7 Å². The number of nitrogens with one attached hydrogen (secondary N) is 1. The number of hydrogen-bond acceptors (Lipinski definition) is 10. The maximum Gasteiger partial charge on any atom is 0.191 e. The molecular formula is C45H50N2O9. The molecule has 10 atom stereocenters. The van der Waals surface area contributed by atoms with E-state index in [9.17, 15) is 24.9 Å². The van der Waals surface area contributed by atoms with E-state index >= 15 is 0 Å². The van der Waals surface area contributed by atoms with E-state index < -0.39 is 54.3 Å². The number of Topliss-reactive ketones (excluding diaryl/α,β-unsaturated/α-hetero) is 2. The van der Waals surface area contributed by atoms with Gasteiger partial charge in [0.25, 0.3) is 0 Å². The number of allylic oxidation sites excluding steroid dienone is 4. The molecule has 2 fully saturated rings. The minimum Gasteiger partial charge on any atom is -0.508 e. The number of ketones is 2. The zero-order chi connectivity index (χ0) is 39.9. The van der Waals surface area contributed by atoms with E-state index in [1.54, 1.807) is 44.2 Å². The molecule has 2 aliphatic carbocycles. The number of carbonyl (C=O) groups is 2. The molecule has 8 unspecified atom stereocenters. The van der Waals surface area contributed by atoms with Gasteiger partial charge in [-0.2, -0.15) is 0 Å². The summed E-state index contributed by atoms with van der Waals surface area (Å²) in [6.07, 6.45) is 1.53. The van der Waals surface area contributed by atoms with Gasteiger partial charge < -0.3 is 39.3 Å². The lowest BCUT2D eigenvalue weighted by atomic mass is 9.73. The normalized spacial score (nSPS) is 33.3. The van der Waals surface area contributed by atoms with E-state index in [1.165, 1.54) is 12.3 Å². The van der Waals surface area contributed by atoms with Crippen LogP contribution in [0.25, 0.3) is 21.8 Å². The summed E-state index contributed by atoms with van der Waals surface area (Å²) in [5.41, 5.74) is 0.704. The Labute approximate surface area is 327 Å². The number of H-pyrrole nitrogens is 1. The molecule has 2 aromatic heterocycles. The third kappa shape index (κ3) is 7.60. The Kier molecular flexibility index (Phi) is 11.4. The first kappa shape index (κ1) is 39.6. The molecule has 3 aromatic rings. The smallest absolute Gasteiger partial charge is 0.191 e. The third-order valence-corrected chi connectivity index (χ3v) is 11.5. The first-order valence-corrected chi connectivity index (χ1v) is 19.5. The van der Waals surface area contributed by atoms with E-state index in [-0.39, 0.29) is 29.6 Å². The van der Waals surface area contributed by atoms with Crippen LogP contribution in [0.3, 0.4) is 0 Å². The van der Waals surface area contributed by atoms with Crippen molar-refractivity contribution in [2.75, 3.05) is 6.61 Å². The number of ether oxygens (including phenoxy) is 4. The van der Waals surface area contributed by atoms with Crippen LogP contribution in [0, 0.1) is 47.4 Å². The third-order valence-electron chi connectivity index (χ3n) is 11.5. The van der Waals surface area contributed by atoms with Crippen molar-refractivity contribution in [2.24, 2.45) is 23.7 Å². The molecule has 2 bridgehead atoms. The Balaban J connectivity index is 1.26. The number of benzene rings is 1. The molecule has 2 saturated heterocycles. The Bertz CT molecular complexity index is 2250.